The summed E-state index contributed by atoms with van der Waals surface area (Å²) >= 11 is 0.913. The van der Waals surface area contributed by atoms with Crippen LogP contribution in [0.4, 0.5) is 13.2 Å². The molecule has 2 aromatic rings. The first-order valence-electron chi connectivity index (χ1n) is 8.97. The highest BCUT2D eigenvalue weighted by molar-refractivity contribution is 7.09. The van der Waals surface area contributed by atoms with Gasteiger partial charge in [-0.15, -0.1) is 11.3 Å². The van der Waals surface area contributed by atoms with Crippen LogP contribution in [0.5, 0.6) is 0 Å². The summed E-state index contributed by atoms with van der Waals surface area (Å²) in [5.41, 5.74) is -0.0155. The van der Waals surface area contributed by atoms with Crippen LogP contribution < -0.4 is 10.6 Å². The third kappa shape index (κ3) is 7.68. The molecule has 0 radical (unpaired) electrons. The van der Waals surface area contributed by atoms with Crippen LogP contribution in [0.25, 0.3) is 0 Å². The number of rotatable bonds is 8. The second-order valence-electron chi connectivity index (χ2n) is 6.06. The lowest BCUT2D eigenvalue weighted by molar-refractivity contribution is -0.140. The highest BCUT2D eigenvalue weighted by Crippen LogP contribution is 2.29. The molecule has 0 bridgehead atoms. The number of carbonyl (C=O) groups excluding carboxylic acids is 1. The molecule has 2 rings (SSSR count). The van der Waals surface area contributed by atoms with Gasteiger partial charge >= 0.3 is 6.18 Å². The van der Waals surface area contributed by atoms with E-state index in [0.717, 1.165) is 22.4 Å². The first-order chi connectivity index (χ1) is 13.8. The van der Waals surface area contributed by atoms with Crippen molar-refractivity contribution in [2.24, 2.45) is 4.99 Å². The number of carbonyl (C=O) groups is 1. The second-order valence-corrected chi connectivity index (χ2v) is 7.00. The molecule has 0 aliphatic carbocycles. The van der Waals surface area contributed by atoms with Gasteiger partial charge in [0.15, 0.2) is 11.7 Å². The van der Waals surface area contributed by atoms with E-state index in [9.17, 15) is 18.0 Å². The van der Waals surface area contributed by atoms with Crippen molar-refractivity contribution < 1.29 is 18.0 Å². The number of hydrogen-bond acceptors (Lipinski definition) is 5. The Morgan fingerprint density at radius 3 is 2.72 bits per heavy atom. The number of aliphatic imine (C=N–C) groups is 1. The number of likely N-dealkylation sites (N-methyl/N-ethyl adjacent to an activating group) is 1. The summed E-state index contributed by atoms with van der Waals surface area (Å²) in [6.45, 7) is 2.90. The van der Waals surface area contributed by atoms with Crippen molar-refractivity contribution in [2.75, 3.05) is 26.7 Å². The van der Waals surface area contributed by atoms with Crippen molar-refractivity contribution in [2.45, 2.75) is 26.1 Å². The van der Waals surface area contributed by atoms with E-state index >= 15 is 0 Å². The van der Waals surface area contributed by atoms with Gasteiger partial charge in [0.2, 0.25) is 5.91 Å². The Labute approximate surface area is 171 Å². The Bertz CT molecular complexity index is 809. The highest BCUT2D eigenvalue weighted by Gasteiger charge is 2.33. The number of guanidine groups is 1. The third-order valence-electron chi connectivity index (χ3n) is 3.82. The summed E-state index contributed by atoms with van der Waals surface area (Å²) in [5.74, 6) is 0.162. The van der Waals surface area contributed by atoms with Gasteiger partial charge in [0.05, 0.1) is 6.54 Å². The first-order valence-corrected chi connectivity index (χ1v) is 9.85. The van der Waals surface area contributed by atoms with Crippen molar-refractivity contribution in [3.8, 4) is 0 Å². The van der Waals surface area contributed by atoms with E-state index in [4.69, 9.17) is 0 Å². The molecule has 0 spiro atoms. The molecule has 2 heterocycles. The average Bonchev–Trinajstić information content (AvgIpc) is 3.18. The lowest BCUT2D eigenvalue weighted by Gasteiger charge is -2.16. The normalized spacial score (nSPS) is 12.0. The number of alkyl halides is 3. The molecule has 11 heteroatoms. The highest BCUT2D eigenvalue weighted by atomic mass is 32.1. The molecule has 0 aliphatic rings. The van der Waals surface area contributed by atoms with Gasteiger partial charge < -0.3 is 15.5 Å². The minimum atomic E-state index is -4.46. The maximum absolute atomic E-state index is 12.6. The summed E-state index contributed by atoms with van der Waals surface area (Å²) < 4.78 is 37.9. The number of thiazole rings is 1. The Hall–Kier alpha value is -2.69. The lowest BCUT2D eigenvalue weighted by atomic mass is 10.2. The average molecular weight is 428 g/mol. The maximum Gasteiger partial charge on any atom is 0.434 e. The van der Waals surface area contributed by atoms with Crippen LogP contribution in [-0.4, -0.2) is 53.4 Å². The van der Waals surface area contributed by atoms with E-state index in [-0.39, 0.29) is 24.0 Å². The van der Waals surface area contributed by atoms with E-state index < -0.39 is 11.9 Å². The monoisotopic (exact) mass is 428 g/mol. The van der Waals surface area contributed by atoms with Gasteiger partial charge in [0, 0.05) is 43.8 Å². The van der Waals surface area contributed by atoms with Crippen LogP contribution in [-0.2, 0) is 23.9 Å². The summed E-state index contributed by atoms with van der Waals surface area (Å²) in [7, 11) is 1.69. The van der Waals surface area contributed by atoms with Crippen molar-refractivity contribution in [1.29, 1.82) is 0 Å². The minimum Gasteiger partial charge on any atom is -0.357 e. The van der Waals surface area contributed by atoms with Gasteiger partial charge in [-0.05, 0) is 19.1 Å². The Kier molecular flexibility index (Phi) is 8.37. The molecule has 158 valence electrons. The number of hydrogen-bond donors (Lipinski definition) is 2. The Morgan fingerprint density at radius 1 is 1.31 bits per heavy atom. The van der Waals surface area contributed by atoms with Gasteiger partial charge in [-0.1, -0.05) is 6.07 Å². The summed E-state index contributed by atoms with van der Waals surface area (Å²) in [6, 6.07) is 5.62. The van der Waals surface area contributed by atoms with E-state index in [1.54, 1.807) is 18.1 Å². The summed E-state index contributed by atoms with van der Waals surface area (Å²) in [6.07, 6.45) is -2.12. The fourth-order valence-electron chi connectivity index (χ4n) is 2.24. The molecule has 29 heavy (non-hydrogen) atoms. The van der Waals surface area contributed by atoms with Crippen molar-refractivity contribution in [1.82, 2.24) is 25.5 Å². The van der Waals surface area contributed by atoms with Crippen molar-refractivity contribution in [3.63, 3.8) is 0 Å². The fourth-order valence-corrected chi connectivity index (χ4v) is 2.98. The molecule has 0 atom stereocenters. The number of halogens is 3. The zero-order valence-electron chi connectivity index (χ0n) is 16.2. The Balaban J connectivity index is 1.85. The maximum atomic E-state index is 12.6. The molecule has 2 N–H and O–H groups in total. The van der Waals surface area contributed by atoms with E-state index in [2.05, 4.69) is 25.6 Å². The molecule has 0 saturated heterocycles. The van der Waals surface area contributed by atoms with Crippen molar-refractivity contribution in [3.05, 3.63) is 46.2 Å². The topological polar surface area (TPSA) is 82.5 Å². The van der Waals surface area contributed by atoms with Crippen LogP contribution in [0, 0.1) is 0 Å². The standard InChI is InChI=1S/C18H23F3N6OS/c1-3-22-17(24-10-15-26-14(12-29-15)18(19,20)21)25-11-16(28)27(2)9-7-13-6-4-5-8-23-13/h4-6,8,12H,3,7,9-11H2,1-2H3,(H2,22,24,25). The van der Waals surface area contributed by atoms with Crippen LogP contribution in [0.3, 0.4) is 0 Å². The summed E-state index contributed by atoms with van der Waals surface area (Å²) in [5, 5.41) is 7.10. The largest absolute Gasteiger partial charge is 0.434 e. The van der Waals surface area contributed by atoms with Crippen molar-refractivity contribution >= 4 is 23.2 Å². The van der Waals surface area contributed by atoms with E-state index in [1.807, 2.05) is 25.1 Å². The molecule has 0 fully saturated rings. The van der Waals surface area contributed by atoms with Crippen LogP contribution in [0.15, 0.2) is 34.8 Å². The zero-order valence-corrected chi connectivity index (χ0v) is 17.0. The molecule has 1 amide bonds. The molecule has 0 unspecified atom stereocenters. The van der Waals surface area contributed by atoms with Gasteiger partial charge in [-0.25, -0.2) is 9.98 Å². The van der Waals surface area contributed by atoms with Crippen LogP contribution in [0.2, 0.25) is 0 Å². The number of pyridine rings is 1. The number of nitrogens with zero attached hydrogens (tertiary/aromatic N) is 4. The van der Waals surface area contributed by atoms with E-state index in [1.165, 1.54) is 0 Å². The van der Waals surface area contributed by atoms with Gasteiger partial charge in [-0.3, -0.25) is 9.78 Å². The van der Waals surface area contributed by atoms with Gasteiger partial charge in [0.25, 0.3) is 0 Å². The van der Waals surface area contributed by atoms with Gasteiger partial charge in [-0.2, -0.15) is 13.2 Å². The second kappa shape index (κ2) is 10.7. The fraction of sp³-hybridized carbons (Fsp3) is 0.444. The summed E-state index contributed by atoms with van der Waals surface area (Å²) in [4.78, 5) is 25.8. The SMILES string of the molecule is CCNC(=NCC(=O)N(C)CCc1ccccn1)NCc1nc(C(F)(F)F)cs1. The predicted molar refractivity (Wildman–Crippen MR) is 106 cm³/mol. The molecule has 7 nitrogen and oxygen atoms in total. The van der Waals surface area contributed by atoms with Crippen LogP contribution >= 0.6 is 11.3 Å². The number of aromatic nitrogens is 2. The lowest BCUT2D eigenvalue weighted by Crippen LogP contribution is -2.38. The quantitative estimate of drug-likeness (QED) is 0.498. The third-order valence-corrected chi connectivity index (χ3v) is 4.67. The number of amides is 1. The molecule has 0 aromatic carbocycles. The smallest absolute Gasteiger partial charge is 0.357 e. The Morgan fingerprint density at radius 2 is 2.10 bits per heavy atom. The molecular weight excluding hydrogens is 405 g/mol. The van der Waals surface area contributed by atoms with E-state index in [0.29, 0.717) is 25.5 Å². The molecular formula is C18H23F3N6OS. The van der Waals surface area contributed by atoms with Gasteiger partial charge in [0.1, 0.15) is 11.6 Å². The molecule has 2 aromatic heterocycles. The zero-order chi connectivity index (χ0) is 21.3. The van der Waals surface area contributed by atoms with Crippen LogP contribution in [0.1, 0.15) is 23.3 Å². The molecule has 0 saturated carbocycles. The first kappa shape index (κ1) is 22.6. The minimum absolute atomic E-state index is 0.0796. The number of nitrogens with one attached hydrogen (secondary N) is 2. The molecule has 0 aliphatic heterocycles. The predicted octanol–water partition coefficient (Wildman–Crippen LogP) is 2.31.